The molecule has 5 aliphatic heterocycles. The minimum atomic E-state index is -0.972. The highest BCUT2D eigenvalue weighted by molar-refractivity contribution is 6.23. The van der Waals surface area contributed by atoms with Crippen LogP contribution in [0.2, 0.25) is 0 Å². The Labute approximate surface area is 358 Å². The van der Waals surface area contributed by atoms with E-state index >= 15 is 0 Å². The van der Waals surface area contributed by atoms with Crippen LogP contribution in [-0.4, -0.2) is 101 Å². The number of carbonyl (C=O) groups excluding carboxylic acids is 5. The number of hydrogen-bond donors (Lipinski definition) is 3. The molecular weight excluding hydrogens is 787 g/mol. The van der Waals surface area contributed by atoms with Gasteiger partial charge in [-0.15, -0.1) is 0 Å². The first-order chi connectivity index (χ1) is 30.2. The second-order valence-corrected chi connectivity index (χ2v) is 16.7. The number of imide groups is 2. The number of aromatic nitrogens is 2. The molecule has 0 radical (unpaired) electrons. The summed E-state index contributed by atoms with van der Waals surface area (Å²) < 4.78 is 7.80. The Balaban J connectivity index is 0.729. The highest BCUT2D eigenvalue weighted by Crippen LogP contribution is 2.37. The smallest absolute Gasteiger partial charge is 0.262 e. The summed E-state index contributed by atoms with van der Waals surface area (Å²) in [6.07, 6.45) is 3.02. The molecule has 3 saturated heterocycles. The molecule has 1 atom stereocenters. The van der Waals surface area contributed by atoms with Crippen molar-refractivity contribution in [3.8, 4) is 22.8 Å². The van der Waals surface area contributed by atoms with Crippen LogP contribution in [-0.2, 0) is 22.6 Å². The Bertz CT molecular complexity index is 2590. The van der Waals surface area contributed by atoms with Gasteiger partial charge in [-0.05, 0) is 110 Å². The van der Waals surface area contributed by atoms with Crippen molar-refractivity contribution in [2.24, 2.45) is 11.7 Å². The van der Waals surface area contributed by atoms with Crippen LogP contribution < -0.4 is 30.9 Å². The van der Waals surface area contributed by atoms with Crippen molar-refractivity contribution >= 4 is 52.4 Å². The molecule has 4 N–H and O–H groups in total. The summed E-state index contributed by atoms with van der Waals surface area (Å²) in [6, 6.07) is 28.0. The minimum Gasteiger partial charge on any atom is -0.457 e. The molecular formula is C47H47N9O6. The maximum atomic E-state index is 13.4. The number of piperazine rings is 1. The summed E-state index contributed by atoms with van der Waals surface area (Å²) in [5, 5.41) is 10.6. The first-order valence-corrected chi connectivity index (χ1v) is 21.4. The number of carbonyl (C=O) groups is 5. The van der Waals surface area contributed by atoms with Crippen LogP contribution in [0.5, 0.6) is 11.5 Å². The van der Waals surface area contributed by atoms with Crippen LogP contribution in [0.1, 0.15) is 62.3 Å². The number of primary amides is 1. The molecule has 3 fully saturated rings. The van der Waals surface area contributed by atoms with E-state index in [1.54, 1.807) is 12.1 Å². The second kappa shape index (κ2) is 16.1. The predicted molar refractivity (Wildman–Crippen MR) is 233 cm³/mol. The van der Waals surface area contributed by atoms with Crippen molar-refractivity contribution in [2.75, 3.05) is 60.9 Å². The maximum Gasteiger partial charge on any atom is 0.262 e. The molecule has 5 aliphatic rings. The number of hydrogen-bond acceptors (Lipinski definition) is 11. The van der Waals surface area contributed by atoms with Gasteiger partial charge < -0.3 is 25.6 Å². The van der Waals surface area contributed by atoms with Gasteiger partial charge in [-0.25, -0.2) is 4.68 Å². The number of piperidine rings is 2. The van der Waals surface area contributed by atoms with Crippen LogP contribution in [0.3, 0.4) is 0 Å². The number of aryl methyl sites for hydroxylation is 2. The van der Waals surface area contributed by atoms with Crippen LogP contribution in [0, 0.1) is 5.92 Å². The molecule has 6 heterocycles. The van der Waals surface area contributed by atoms with Crippen LogP contribution >= 0.6 is 0 Å². The summed E-state index contributed by atoms with van der Waals surface area (Å²) in [5.41, 5.74) is 12.5. The minimum absolute atomic E-state index is 0.0930. The van der Waals surface area contributed by atoms with Crippen molar-refractivity contribution in [3.05, 3.63) is 113 Å². The van der Waals surface area contributed by atoms with Gasteiger partial charge in [-0.2, -0.15) is 5.10 Å². The molecule has 15 nitrogen and oxygen atoms in total. The number of nitrogens with zero attached hydrogens (tertiary/aromatic N) is 6. The fourth-order valence-electron chi connectivity index (χ4n) is 9.53. The topological polar surface area (TPSA) is 175 Å². The molecule has 15 heteroatoms. The lowest BCUT2D eigenvalue weighted by Gasteiger charge is -2.40. The molecule has 10 rings (SSSR count). The molecule has 0 bridgehead atoms. The van der Waals surface area contributed by atoms with E-state index in [1.165, 1.54) is 5.69 Å². The maximum absolute atomic E-state index is 13.4. The molecule has 5 amide bonds. The van der Waals surface area contributed by atoms with Crippen molar-refractivity contribution < 1.29 is 28.7 Å². The van der Waals surface area contributed by atoms with Gasteiger partial charge in [-0.3, -0.25) is 39.1 Å². The monoisotopic (exact) mass is 833 g/mol. The van der Waals surface area contributed by atoms with Crippen molar-refractivity contribution in [1.82, 2.24) is 24.9 Å². The average molecular weight is 834 g/mol. The standard InChI is InChI=1S/C47H47N9O6/c48-43(58)41-42(30-6-10-35(11-7-30)62-34-4-2-1-3-5-34)51-55-21-18-31-26-32(9-13-38(31)49-44(41)55)54-24-22-52(23-25-54)28-29-16-19-53(20-17-29)33-8-12-36-37(27-33)47(61)56(46(36)60)39-14-15-40(57)50-45(39)59/h1-13,26-27,29,39,49H,14-25,28H2,(H2,48,58)(H,50,57,59). The molecule has 0 spiro atoms. The third kappa shape index (κ3) is 7.42. The fraction of sp³-hybridized carbons (Fsp3) is 0.319. The van der Waals surface area contributed by atoms with E-state index in [-0.39, 0.29) is 18.7 Å². The Kier molecular flexibility index (Phi) is 10.2. The Morgan fingerprint density at radius 3 is 2.15 bits per heavy atom. The zero-order valence-electron chi connectivity index (χ0n) is 34.2. The molecule has 1 aromatic heterocycles. The molecule has 316 valence electrons. The largest absolute Gasteiger partial charge is 0.457 e. The van der Waals surface area contributed by atoms with E-state index in [0.717, 1.165) is 98.2 Å². The Morgan fingerprint density at radius 2 is 1.40 bits per heavy atom. The third-order valence-electron chi connectivity index (χ3n) is 12.9. The molecule has 5 aromatic rings. The van der Waals surface area contributed by atoms with E-state index in [9.17, 15) is 24.0 Å². The number of nitrogens with one attached hydrogen (secondary N) is 2. The number of nitrogens with two attached hydrogens (primary N) is 1. The second-order valence-electron chi connectivity index (χ2n) is 16.7. The molecule has 1 unspecified atom stereocenters. The molecule has 4 aromatic carbocycles. The summed E-state index contributed by atoms with van der Waals surface area (Å²) in [7, 11) is 0. The number of fused-ring (bicyclic) bond motifs is 3. The molecule has 62 heavy (non-hydrogen) atoms. The summed E-state index contributed by atoms with van der Waals surface area (Å²) in [5.74, 6) is 0.0777. The number of benzene rings is 4. The van der Waals surface area contributed by atoms with E-state index in [2.05, 4.69) is 43.5 Å². The normalized spacial score (nSPS) is 19.4. The van der Waals surface area contributed by atoms with E-state index in [0.29, 0.717) is 46.4 Å². The first-order valence-electron chi connectivity index (χ1n) is 21.4. The van der Waals surface area contributed by atoms with Gasteiger partial charge in [0, 0.05) is 81.4 Å². The fourth-order valence-corrected chi connectivity index (χ4v) is 9.53. The lowest BCUT2D eigenvalue weighted by molar-refractivity contribution is -0.136. The van der Waals surface area contributed by atoms with Gasteiger partial charge in [0.1, 0.15) is 34.6 Å². The van der Waals surface area contributed by atoms with E-state index in [1.807, 2.05) is 65.3 Å². The van der Waals surface area contributed by atoms with Gasteiger partial charge >= 0.3 is 0 Å². The van der Waals surface area contributed by atoms with E-state index in [4.69, 9.17) is 15.6 Å². The van der Waals surface area contributed by atoms with Crippen molar-refractivity contribution in [2.45, 2.75) is 44.7 Å². The SMILES string of the molecule is NC(=O)c1c(-c2ccc(Oc3ccccc3)cc2)nn2c1Nc1ccc(N3CCN(CC4CCN(c5ccc6c(c5)C(=O)N(C5CCC(=O)NC5=O)C6=O)CC4)CC3)cc1CC2. The van der Waals surface area contributed by atoms with Crippen LogP contribution in [0.25, 0.3) is 11.3 Å². The number of anilines is 4. The number of rotatable bonds is 9. The van der Waals surface area contributed by atoms with Gasteiger partial charge in [0.15, 0.2) is 0 Å². The number of para-hydroxylation sites is 1. The first kappa shape index (κ1) is 39.2. The Hall–Kier alpha value is -7.00. The zero-order chi connectivity index (χ0) is 42.5. The van der Waals surface area contributed by atoms with Gasteiger partial charge in [0.2, 0.25) is 11.8 Å². The lowest BCUT2D eigenvalue weighted by Crippen LogP contribution is -2.54. The number of ether oxygens (including phenoxy) is 1. The summed E-state index contributed by atoms with van der Waals surface area (Å²) >= 11 is 0. The summed E-state index contributed by atoms with van der Waals surface area (Å²) in [4.78, 5) is 71.9. The van der Waals surface area contributed by atoms with E-state index < -0.39 is 29.7 Å². The van der Waals surface area contributed by atoms with Crippen molar-refractivity contribution in [3.63, 3.8) is 0 Å². The highest BCUT2D eigenvalue weighted by Gasteiger charge is 2.45. The van der Waals surface area contributed by atoms with Gasteiger partial charge in [-0.1, -0.05) is 18.2 Å². The highest BCUT2D eigenvalue weighted by atomic mass is 16.5. The van der Waals surface area contributed by atoms with Gasteiger partial charge in [0.05, 0.1) is 11.1 Å². The third-order valence-corrected chi connectivity index (χ3v) is 12.9. The lowest BCUT2D eigenvalue weighted by atomic mass is 9.95. The Morgan fingerprint density at radius 1 is 0.710 bits per heavy atom. The van der Waals surface area contributed by atoms with Crippen molar-refractivity contribution in [1.29, 1.82) is 0 Å². The molecule has 0 aliphatic carbocycles. The summed E-state index contributed by atoms with van der Waals surface area (Å²) in [6.45, 7) is 7.13. The average Bonchev–Trinajstić information content (AvgIpc) is 3.70. The van der Waals surface area contributed by atoms with Gasteiger partial charge in [0.25, 0.3) is 17.7 Å². The molecule has 0 saturated carbocycles. The quantitative estimate of drug-likeness (QED) is 0.167. The number of amides is 5. The van der Waals surface area contributed by atoms with Crippen LogP contribution in [0.15, 0.2) is 91.0 Å². The predicted octanol–water partition coefficient (Wildman–Crippen LogP) is 5.18. The van der Waals surface area contributed by atoms with Crippen LogP contribution in [0.4, 0.5) is 22.9 Å². The zero-order valence-corrected chi connectivity index (χ0v) is 34.2.